The number of carbonyl (C=O) groups excluding carboxylic acids is 1. The molecule has 0 aromatic heterocycles. The monoisotopic (exact) mass is 384 g/mol. The van der Waals surface area contributed by atoms with Crippen LogP contribution in [0.3, 0.4) is 0 Å². The number of aromatic hydroxyl groups is 1. The van der Waals surface area contributed by atoms with E-state index in [9.17, 15) is 9.90 Å². The molecule has 0 spiro atoms. The van der Waals surface area contributed by atoms with E-state index in [1.807, 2.05) is 36.4 Å². The van der Waals surface area contributed by atoms with Gasteiger partial charge in [-0.1, -0.05) is 30.8 Å². The van der Waals surface area contributed by atoms with E-state index in [-0.39, 0.29) is 18.3 Å². The summed E-state index contributed by atoms with van der Waals surface area (Å²) in [5, 5.41) is 19.2. The molecule has 2 rings (SSSR count). The first-order valence-electron chi connectivity index (χ1n) is 9.59. The highest BCUT2D eigenvalue weighted by molar-refractivity contribution is 5.81. The zero-order valence-corrected chi connectivity index (χ0v) is 16.1. The number of carbonyl (C=O) groups is 1. The van der Waals surface area contributed by atoms with E-state index < -0.39 is 0 Å². The van der Waals surface area contributed by atoms with Crippen LogP contribution in [0.5, 0.6) is 11.5 Å². The quantitative estimate of drug-likeness (QED) is 0.325. The van der Waals surface area contributed by atoms with Gasteiger partial charge in [-0.05, 0) is 61.4 Å². The number of unbranched alkanes of at least 4 members (excludes halogenated alkanes) is 3. The van der Waals surface area contributed by atoms with Crippen molar-refractivity contribution in [3.8, 4) is 22.6 Å². The lowest BCUT2D eigenvalue weighted by atomic mass is 10.0. The number of aliphatic hydroxyl groups excluding tert-OH is 1. The number of esters is 1. The van der Waals surface area contributed by atoms with E-state index in [0.717, 1.165) is 48.1 Å². The predicted molar refractivity (Wildman–Crippen MR) is 109 cm³/mol. The fourth-order valence-electron chi connectivity index (χ4n) is 2.82. The van der Waals surface area contributed by atoms with Crippen LogP contribution in [0, 0.1) is 0 Å². The third-order valence-electron chi connectivity index (χ3n) is 4.35. The second kappa shape index (κ2) is 11.8. The summed E-state index contributed by atoms with van der Waals surface area (Å²) in [7, 11) is 0. The van der Waals surface area contributed by atoms with Crippen LogP contribution in [0.25, 0.3) is 11.1 Å². The van der Waals surface area contributed by atoms with Crippen molar-refractivity contribution in [1.29, 1.82) is 0 Å². The maximum absolute atomic E-state index is 10.9. The molecule has 28 heavy (non-hydrogen) atoms. The van der Waals surface area contributed by atoms with Gasteiger partial charge in [0.05, 0.1) is 13.2 Å². The number of benzene rings is 2. The van der Waals surface area contributed by atoms with Crippen LogP contribution in [-0.2, 0) is 16.0 Å². The van der Waals surface area contributed by atoms with Gasteiger partial charge in [0.2, 0.25) is 0 Å². The highest BCUT2D eigenvalue weighted by atomic mass is 16.5. The van der Waals surface area contributed by atoms with E-state index in [1.165, 1.54) is 6.08 Å². The molecule has 0 amide bonds. The topological polar surface area (TPSA) is 76.0 Å². The Morgan fingerprint density at radius 2 is 1.71 bits per heavy atom. The molecule has 0 atom stereocenters. The minimum absolute atomic E-state index is 0.0631. The highest BCUT2D eigenvalue weighted by Crippen LogP contribution is 2.31. The van der Waals surface area contributed by atoms with E-state index >= 15 is 0 Å². The Morgan fingerprint density at radius 1 is 1.00 bits per heavy atom. The lowest BCUT2D eigenvalue weighted by Crippen LogP contribution is -2.02. The molecule has 0 bridgehead atoms. The average Bonchev–Trinajstić information content (AvgIpc) is 2.71. The van der Waals surface area contributed by atoms with Crippen molar-refractivity contribution in [2.75, 3.05) is 19.8 Å². The summed E-state index contributed by atoms with van der Waals surface area (Å²) in [5.74, 6) is 0.625. The number of phenols is 1. The second-order valence-corrected chi connectivity index (χ2v) is 6.48. The largest absolute Gasteiger partial charge is 0.507 e. The van der Waals surface area contributed by atoms with Gasteiger partial charge in [-0.25, -0.2) is 4.79 Å². The van der Waals surface area contributed by atoms with Crippen LogP contribution in [0.1, 0.15) is 31.2 Å². The average molecular weight is 384 g/mol. The van der Waals surface area contributed by atoms with Crippen LogP contribution >= 0.6 is 0 Å². The molecule has 2 N–H and O–H groups in total. The van der Waals surface area contributed by atoms with Gasteiger partial charge in [0.25, 0.3) is 0 Å². The molecule has 0 heterocycles. The van der Waals surface area contributed by atoms with Gasteiger partial charge < -0.3 is 19.7 Å². The smallest absolute Gasteiger partial charge is 0.330 e. The molecular weight excluding hydrogens is 356 g/mol. The minimum atomic E-state index is -0.374. The molecule has 0 aliphatic rings. The zero-order chi connectivity index (χ0) is 20.2. The van der Waals surface area contributed by atoms with Crippen molar-refractivity contribution in [3.63, 3.8) is 0 Å². The Morgan fingerprint density at radius 3 is 2.36 bits per heavy atom. The molecule has 5 heteroatoms. The number of hydrogen-bond acceptors (Lipinski definition) is 5. The Hall–Kier alpha value is -2.79. The third kappa shape index (κ3) is 7.08. The van der Waals surface area contributed by atoms with Crippen LogP contribution in [0.15, 0.2) is 55.1 Å². The van der Waals surface area contributed by atoms with Crippen LogP contribution < -0.4 is 4.74 Å². The lowest BCUT2D eigenvalue weighted by molar-refractivity contribution is -0.137. The van der Waals surface area contributed by atoms with Gasteiger partial charge in [-0.2, -0.15) is 0 Å². The van der Waals surface area contributed by atoms with Gasteiger partial charge in [-0.3, -0.25) is 0 Å². The number of ether oxygens (including phenoxy) is 2. The summed E-state index contributed by atoms with van der Waals surface area (Å²) in [6.45, 7) is 4.48. The fraction of sp³-hybridized carbons (Fsp3) is 0.348. The first-order chi connectivity index (χ1) is 13.6. The Bertz CT molecular complexity index is 752. The summed E-state index contributed by atoms with van der Waals surface area (Å²) in [4.78, 5) is 10.9. The van der Waals surface area contributed by atoms with Crippen molar-refractivity contribution in [3.05, 3.63) is 60.7 Å². The fourth-order valence-corrected chi connectivity index (χ4v) is 2.82. The van der Waals surface area contributed by atoms with Crippen molar-refractivity contribution < 1.29 is 24.5 Å². The third-order valence-corrected chi connectivity index (χ3v) is 4.35. The predicted octanol–water partition coefficient (Wildman–Crippen LogP) is 4.26. The molecule has 150 valence electrons. The second-order valence-electron chi connectivity index (χ2n) is 6.48. The Balaban J connectivity index is 1.71. The summed E-state index contributed by atoms with van der Waals surface area (Å²) >= 11 is 0. The number of hydrogen-bond donors (Lipinski definition) is 2. The van der Waals surface area contributed by atoms with Gasteiger partial charge in [0, 0.05) is 18.2 Å². The van der Waals surface area contributed by atoms with Gasteiger partial charge >= 0.3 is 5.97 Å². The van der Waals surface area contributed by atoms with Gasteiger partial charge in [0.15, 0.2) is 0 Å². The van der Waals surface area contributed by atoms with Gasteiger partial charge in [-0.15, -0.1) is 0 Å². The summed E-state index contributed by atoms with van der Waals surface area (Å²) < 4.78 is 10.7. The molecule has 0 radical (unpaired) electrons. The zero-order valence-electron chi connectivity index (χ0n) is 16.1. The molecule has 2 aromatic rings. The normalized spacial score (nSPS) is 10.5. The number of phenolic OH excluding ortho intramolecular Hbond substituents is 1. The highest BCUT2D eigenvalue weighted by Gasteiger charge is 2.06. The van der Waals surface area contributed by atoms with Crippen molar-refractivity contribution in [1.82, 2.24) is 0 Å². The molecule has 0 aliphatic carbocycles. The van der Waals surface area contributed by atoms with E-state index in [1.54, 1.807) is 6.07 Å². The molecule has 2 aromatic carbocycles. The maximum Gasteiger partial charge on any atom is 0.330 e. The molecular formula is C23H28O5. The van der Waals surface area contributed by atoms with E-state index in [2.05, 4.69) is 6.58 Å². The Labute approximate surface area is 166 Å². The minimum Gasteiger partial charge on any atom is -0.507 e. The molecule has 0 saturated carbocycles. The van der Waals surface area contributed by atoms with Crippen LogP contribution in [0.4, 0.5) is 0 Å². The lowest BCUT2D eigenvalue weighted by Gasteiger charge is -2.09. The Kier molecular flexibility index (Phi) is 9.08. The first-order valence-corrected chi connectivity index (χ1v) is 9.59. The summed E-state index contributed by atoms with van der Waals surface area (Å²) in [5.41, 5.74) is 2.57. The summed E-state index contributed by atoms with van der Waals surface area (Å²) in [6, 6.07) is 13.1. The number of rotatable bonds is 12. The van der Waals surface area contributed by atoms with Crippen molar-refractivity contribution >= 4 is 5.97 Å². The molecule has 0 fully saturated rings. The molecule has 0 aliphatic heterocycles. The van der Waals surface area contributed by atoms with E-state index in [0.29, 0.717) is 19.6 Å². The number of aliphatic hydroxyl groups is 1. The van der Waals surface area contributed by atoms with Crippen LogP contribution in [-0.4, -0.2) is 36.0 Å². The standard InChI is InChI=1S/C23H28O5/c1-2-23(26)28-16-6-4-3-5-15-27-20-10-8-19(9-11-20)21-12-7-18(13-14-24)17-22(21)25/h2,7-12,17,24-25H,1,3-6,13-16H2. The molecule has 0 saturated heterocycles. The van der Waals surface area contributed by atoms with Crippen molar-refractivity contribution in [2.24, 2.45) is 0 Å². The van der Waals surface area contributed by atoms with E-state index in [4.69, 9.17) is 14.6 Å². The SMILES string of the molecule is C=CC(=O)OCCCCCCOc1ccc(-c2ccc(CCO)cc2O)cc1. The first kappa shape index (κ1) is 21.5. The van der Waals surface area contributed by atoms with Crippen molar-refractivity contribution in [2.45, 2.75) is 32.1 Å². The molecule has 0 unspecified atom stereocenters. The van der Waals surface area contributed by atoms with Crippen LogP contribution in [0.2, 0.25) is 0 Å². The maximum atomic E-state index is 10.9. The van der Waals surface area contributed by atoms with Gasteiger partial charge in [0.1, 0.15) is 11.5 Å². The summed E-state index contributed by atoms with van der Waals surface area (Å²) in [6.07, 6.45) is 5.47. The molecule has 5 nitrogen and oxygen atoms in total.